The second-order valence-corrected chi connectivity index (χ2v) is 9.41. The van der Waals surface area contributed by atoms with E-state index in [0.29, 0.717) is 25.4 Å². The number of carbonyl (C=O) groups excluding carboxylic acids is 1. The molecule has 5 nitrogen and oxygen atoms in total. The van der Waals surface area contributed by atoms with Crippen molar-refractivity contribution in [1.29, 1.82) is 0 Å². The van der Waals surface area contributed by atoms with Crippen molar-refractivity contribution < 1.29 is 17.9 Å². The van der Waals surface area contributed by atoms with Crippen LogP contribution in [0.2, 0.25) is 0 Å². The normalized spacial score (nSPS) is 15.5. The van der Waals surface area contributed by atoms with E-state index >= 15 is 0 Å². The van der Waals surface area contributed by atoms with Crippen LogP contribution in [0, 0.1) is 5.92 Å². The fraction of sp³-hybridized carbons (Fsp3) is 0.632. The summed E-state index contributed by atoms with van der Waals surface area (Å²) >= 11 is 0. The molecule has 0 unspecified atom stereocenters. The lowest BCUT2D eigenvalue weighted by Crippen LogP contribution is -2.33. The van der Waals surface area contributed by atoms with Crippen molar-refractivity contribution >= 4 is 15.7 Å². The third-order valence-corrected chi connectivity index (χ3v) is 6.70. The van der Waals surface area contributed by atoms with E-state index in [9.17, 15) is 13.2 Å². The maximum Gasteiger partial charge on any atom is 0.235 e. The Hall–Kier alpha value is -1.56. The highest BCUT2D eigenvalue weighted by Gasteiger charge is 2.30. The maximum atomic E-state index is 12.2. The third kappa shape index (κ3) is 6.34. The van der Waals surface area contributed by atoms with Gasteiger partial charge in [0, 0.05) is 12.1 Å². The van der Waals surface area contributed by atoms with Gasteiger partial charge in [0.15, 0.2) is 9.84 Å². The molecular formula is C19H29NO4S. The number of ether oxygens (including phenoxy) is 1. The van der Waals surface area contributed by atoms with Gasteiger partial charge in [0.25, 0.3) is 0 Å². The summed E-state index contributed by atoms with van der Waals surface area (Å²) in [5, 5.41) is 2.38. The number of carbonyl (C=O) groups is 1. The van der Waals surface area contributed by atoms with Crippen molar-refractivity contribution in [2.75, 3.05) is 12.4 Å². The van der Waals surface area contributed by atoms with Crippen LogP contribution in [-0.4, -0.2) is 31.9 Å². The Morgan fingerprint density at radius 3 is 2.60 bits per heavy atom. The summed E-state index contributed by atoms with van der Waals surface area (Å²) in [4.78, 5) is 12.1. The molecule has 0 atom stereocenters. The van der Waals surface area contributed by atoms with Gasteiger partial charge in [-0.2, -0.15) is 0 Å². The molecule has 1 aliphatic carbocycles. The van der Waals surface area contributed by atoms with E-state index in [2.05, 4.69) is 19.2 Å². The molecule has 1 saturated carbocycles. The molecule has 1 aromatic carbocycles. The highest BCUT2D eigenvalue weighted by Crippen LogP contribution is 2.25. The molecule has 1 N–H and O–H groups in total. The van der Waals surface area contributed by atoms with Crippen LogP contribution in [0.15, 0.2) is 24.3 Å². The summed E-state index contributed by atoms with van der Waals surface area (Å²) < 4.78 is 30.3. The van der Waals surface area contributed by atoms with Crippen molar-refractivity contribution in [2.45, 2.75) is 57.7 Å². The van der Waals surface area contributed by atoms with Gasteiger partial charge in [-0.25, -0.2) is 8.42 Å². The molecule has 0 saturated heterocycles. The lowest BCUT2D eigenvalue weighted by molar-refractivity contribution is -0.118. The van der Waals surface area contributed by atoms with Gasteiger partial charge >= 0.3 is 0 Å². The first kappa shape index (κ1) is 19.8. The zero-order valence-electron chi connectivity index (χ0n) is 15.2. The maximum absolute atomic E-state index is 12.2. The number of benzene rings is 1. The largest absolute Gasteiger partial charge is 0.493 e. The van der Waals surface area contributed by atoms with Crippen molar-refractivity contribution in [3.63, 3.8) is 0 Å². The molecule has 1 aromatic rings. The summed E-state index contributed by atoms with van der Waals surface area (Å²) in [6.07, 6.45) is 4.20. The second kappa shape index (κ2) is 9.22. The molecular weight excluding hydrogens is 338 g/mol. The Labute approximate surface area is 151 Å². The minimum atomic E-state index is -3.34. The fourth-order valence-electron chi connectivity index (χ4n) is 2.99. The topological polar surface area (TPSA) is 72.5 Å². The number of rotatable bonds is 9. The molecule has 0 radical (unpaired) electrons. The predicted molar refractivity (Wildman–Crippen MR) is 99.3 cm³/mol. The number of nitrogens with one attached hydrogen (secondary N) is 1. The van der Waals surface area contributed by atoms with Gasteiger partial charge in [-0.15, -0.1) is 0 Å². The summed E-state index contributed by atoms with van der Waals surface area (Å²) in [5.41, 5.74) is 0.859. The molecule has 0 aromatic heterocycles. The monoisotopic (exact) mass is 367 g/mol. The Morgan fingerprint density at radius 2 is 1.92 bits per heavy atom. The molecule has 0 aliphatic heterocycles. The van der Waals surface area contributed by atoms with Crippen molar-refractivity contribution in [2.24, 2.45) is 5.92 Å². The molecule has 0 spiro atoms. The van der Waals surface area contributed by atoms with Crippen LogP contribution < -0.4 is 10.1 Å². The van der Waals surface area contributed by atoms with E-state index in [1.54, 1.807) is 0 Å². The molecule has 2 rings (SSSR count). The Kier molecular flexibility index (Phi) is 7.29. The van der Waals surface area contributed by atoms with Crippen LogP contribution in [0.25, 0.3) is 0 Å². The zero-order valence-corrected chi connectivity index (χ0v) is 16.0. The lowest BCUT2D eigenvalue weighted by atomic mass is 10.1. The Bertz CT molecular complexity index is 664. The van der Waals surface area contributed by atoms with Gasteiger partial charge in [0.1, 0.15) is 11.5 Å². The van der Waals surface area contributed by atoms with Crippen LogP contribution in [0.1, 0.15) is 51.5 Å². The van der Waals surface area contributed by atoms with Crippen LogP contribution in [0.5, 0.6) is 5.75 Å². The molecule has 6 heteroatoms. The highest BCUT2D eigenvalue weighted by molar-refractivity contribution is 7.92. The summed E-state index contributed by atoms with van der Waals surface area (Å²) in [6, 6.07) is 7.53. The first-order valence-electron chi connectivity index (χ1n) is 9.07. The predicted octanol–water partition coefficient (Wildman–Crippen LogP) is 3.09. The molecule has 140 valence electrons. The van der Waals surface area contributed by atoms with Gasteiger partial charge in [0.2, 0.25) is 5.91 Å². The lowest BCUT2D eigenvalue weighted by Gasteiger charge is -2.14. The summed E-state index contributed by atoms with van der Waals surface area (Å²) in [7, 11) is -3.34. The Morgan fingerprint density at radius 1 is 1.24 bits per heavy atom. The standard InChI is InChI=1S/C19H29NO4S/c1-15(2)11-12-24-18-10-6-3-7-16(18)13-20-19(21)14-25(22,23)17-8-4-5-9-17/h3,6-7,10,15,17H,4-5,8-9,11-14H2,1-2H3,(H,20,21). The van der Waals surface area contributed by atoms with E-state index < -0.39 is 21.5 Å². The number of sulfone groups is 1. The minimum absolute atomic E-state index is 0.275. The number of hydrogen-bond acceptors (Lipinski definition) is 4. The van der Waals surface area contributed by atoms with Gasteiger partial charge in [-0.1, -0.05) is 44.9 Å². The van der Waals surface area contributed by atoms with E-state index in [1.807, 2.05) is 24.3 Å². The summed E-state index contributed by atoms with van der Waals surface area (Å²) in [5.74, 6) is 0.437. The van der Waals surface area contributed by atoms with Gasteiger partial charge in [-0.05, 0) is 31.2 Å². The van der Waals surface area contributed by atoms with E-state index in [0.717, 1.165) is 30.6 Å². The van der Waals surface area contributed by atoms with E-state index in [1.165, 1.54) is 0 Å². The van der Waals surface area contributed by atoms with Crippen molar-refractivity contribution in [3.05, 3.63) is 29.8 Å². The fourth-order valence-corrected chi connectivity index (χ4v) is 4.74. The molecule has 0 heterocycles. The van der Waals surface area contributed by atoms with Gasteiger partial charge in [-0.3, -0.25) is 4.79 Å². The summed E-state index contributed by atoms with van der Waals surface area (Å²) in [6.45, 7) is 5.18. The number of para-hydroxylation sites is 1. The molecule has 1 fully saturated rings. The van der Waals surface area contributed by atoms with Crippen LogP contribution in [0.4, 0.5) is 0 Å². The van der Waals surface area contributed by atoms with E-state index in [4.69, 9.17) is 4.74 Å². The quantitative estimate of drug-likeness (QED) is 0.728. The Balaban J connectivity index is 1.87. The van der Waals surface area contributed by atoms with Gasteiger partial charge in [0.05, 0.1) is 11.9 Å². The average molecular weight is 368 g/mol. The molecule has 1 aliphatic rings. The molecule has 0 bridgehead atoms. The molecule has 1 amide bonds. The van der Waals surface area contributed by atoms with E-state index in [-0.39, 0.29) is 11.8 Å². The molecule has 25 heavy (non-hydrogen) atoms. The average Bonchev–Trinajstić information content (AvgIpc) is 3.08. The third-order valence-electron chi connectivity index (χ3n) is 4.54. The smallest absolute Gasteiger partial charge is 0.235 e. The van der Waals surface area contributed by atoms with Crippen molar-refractivity contribution in [3.8, 4) is 5.75 Å². The highest BCUT2D eigenvalue weighted by atomic mass is 32.2. The second-order valence-electron chi connectivity index (χ2n) is 7.13. The zero-order chi connectivity index (χ0) is 18.3. The number of hydrogen-bond donors (Lipinski definition) is 1. The van der Waals surface area contributed by atoms with Crippen LogP contribution in [-0.2, 0) is 21.2 Å². The first-order valence-corrected chi connectivity index (χ1v) is 10.8. The van der Waals surface area contributed by atoms with Crippen LogP contribution >= 0.6 is 0 Å². The minimum Gasteiger partial charge on any atom is -0.493 e. The number of amides is 1. The van der Waals surface area contributed by atoms with Gasteiger partial charge < -0.3 is 10.1 Å². The first-order chi connectivity index (χ1) is 11.9. The SMILES string of the molecule is CC(C)CCOc1ccccc1CNC(=O)CS(=O)(=O)C1CCCC1. The van der Waals surface area contributed by atoms with Crippen LogP contribution in [0.3, 0.4) is 0 Å². The van der Waals surface area contributed by atoms with Crippen molar-refractivity contribution in [1.82, 2.24) is 5.32 Å².